The van der Waals surface area contributed by atoms with Gasteiger partial charge in [-0.2, -0.15) is 0 Å². The number of amides is 2. The molecule has 0 aliphatic carbocycles. The summed E-state index contributed by atoms with van der Waals surface area (Å²) in [5.74, 6) is 0.863. The maximum absolute atomic E-state index is 12.2. The predicted octanol–water partition coefficient (Wildman–Crippen LogP) is 3.15. The van der Waals surface area contributed by atoms with Crippen LogP contribution in [0.15, 0.2) is 48.5 Å². The van der Waals surface area contributed by atoms with Crippen LogP contribution in [0.4, 0.5) is 5.69 Å². The van der Waals surface area contributed by atoms with Crippen molar-refractivity contribution in [2.75, 3.05) is 32.6 Å². The van der Waals surface area contributed by atoms with Gasteiger partial charge in [0.25, 0.3) is 0 Å². The number of nitrogens with zero attached hydrogens (tertiary/aromatic N) is 1. The maximum atomic E-state index is 12.2. The standard InChI is InChI=1S/C23H29N3O3/c1-26(2)21(17-7-4-3-5-8-17)16-24-22(27)9-6-14-29-19-11-12-20-18(15-19)10-13-23(28)25-20/h3-5,7-8,11-12,15,21H,6,9-10,13-14,16H2,1-2H3,(H,24,27)(H,25,28). The number of anilines is 1. The van der Waals surface area contributed by atoms with Crippen molar-refractivity contribution in [3.63, 3.8) is 0 Å². The van der Waals surface area contributed by atoms with Gasteiger partial charge < -0.3 is 20.3 Å². The Kier molecular flexibility index (Phi) is 7.25. The van der Waals surface area contributed by atoms with Crippen LogP contribution in [0.1, 0.15) is 36.4 Å². The Morgan fingerprint density at radius 3 is 2.72 bits per heavy atom. The van der Waals surface area contributed by atoms with Crippen molar-refractivity contribution in [1.82, 2.24) is 10.2 Å². The number of ether oxygens (including phenoxy) is 1. The van der Waals surface area contributed by atoms with Gasteiger partial charge in [-0.1, -0.05) is 30.3 Å². The first-order chi connectivity index (χ1) is 14.0. The highest BCUT2D eigenvalue weighted by Gasteiger charge is 2.16. The van der Waals surface area contributed by atoms with E-state index in [4.69, 9.17) is 4.74 Å². The molecule has 0 fully saturated rings. The largest absolute Gasteiger partial charge is 0.494 e. The third-order valence-corrected chi connectivity index (χ3v) is 5.09. The number of fused-ring (bicyclic) bond motifs is 1. The minimum atomic E-state index is 0.0320. The zero-order valence-electron chi connectivity index (χ0n) is 17.1. The van der Waals surface area contributed by atoms with Gasteiger partial charge in [-0.15, -0.1) is 0 Å². The average Bonchev–Trinajstić information content (AvgIpc) is 2.72. The lowest BCUT2D eigenvalue weighted by molar-refractivity contribution is -0.121. The summed E-state index contributed by atoms with van der Waals surface area (Å²) in [6.07, 6.45) is 2.32. The molecule has 0 radical (unpaired) electrons. The number of nitrogens with one attached hydrogen (secondary N) is 2. The summed E-state index contributed by atoms with van der Waals surface area (Å²) in [5.41, 5.74) is 3.14. The normalized spacial score (nSPS) is 14.1. The number of aryl methyl sites for hydroxylation is 1. The average molecular weight is 396 g/mol. The van der Waals surface area contributed by atoms with Crippen molar-refractivity contribution < 1.29 is 14.3 Å². The van der Waals surface area contributed by atoms with Gasteiger partial charge in [-0.05, 0) is 56.3 Å². The maximum Gasteiger partial charge on any atom is 0.224 e. The first-order valence-electron chi connectivity index (χ1n) is 10.1. The molecule has 3 rings (SSSR count). The van der Waals surface area contributed by atoms with Gasteiger partial charge >= 0.3 is 0 Å². The smallest absolute Gasteiger partial charge is 0.224 e. The molecular formula is C23H29N3O3. The second-order valence-corrected chi connectivity index (χ2v) is 7.51. The molecule has 0 saturated carbocycles. The van der Waals surface area contributed by atoms with E-state index in [2.05, 4.69) is 27.7 Å². The van der Waals surface area contributed by atoms with E-state index in [-0.39, 0.29) is 17.9 Å². The Bertz CT molecular complexity index is 837. The van der Waals surface area contributed by atoms with Gasteiger partial charge in [-0.25, -0.2) is 0 Å². The van der Waals surface area contributed by atoms with Crippen LogP contribution in [-0.2, 0) is 16.0 Å². The molecule has 0 bridgehead atoms. The predicted molar refractivity (Wildman–Crippen MR) is 114 cm³/mol. The summed E-state index contributed by atoms with van der Waals surface area (Å²) in [4.78, 5) is 25.7. The van der Waals surface area contributed by atoms with E-state index in [0.717, 1.165) is 23.4 Å². The summed E-state index contributed by atoms with van der Waals surface area (Å²) >= 11 is 0. The molecule has 0 aromatic heterocycles. The molecule has 154 valence electrons. The molecule has 2 aromatic rings. The zero-order valence-corrected chi connectivity index (χ0v) is 17.1. The highest BCUT2D eigenvalue weighted by atomic mass is 16.5. The number of carbonyl (C=O) groups excluding carboxylic acids is 2. The van der Waals surface area contributed by atoms with Gasteiger partial charge in [0.2, 0.25) is 11.8 Å². The highest BCUT2D eigenvalue weighted by Crippen LogP contribution is 2.26. The summed E-state index contributed by atoms with van der Waals surface area (Å²) in [6, 6.07) is 16.0. The number of hydrogen-bond donors (Lipinski definition) is 2. The van der Waals surface area contributed by atoms with E-state index in [1.54, 1.807) is 0 Å². The molecule has 1 heterocycles. The second kappa shape index (κ2) is 10.1. The Morgan fingerprint density at radius 2 is 1.97 bits per heavy atom. The van der Waals surface area contributed by atoms with Crippen LogP contribution in [0.3, 0.4) is 0 Å². The molecule has 29 heavy (non-hydrogen) atoms. The van der Waals surface area contributed by atoms with Crippen molar-refractivity contribution in [1.29, 1.82) is 0 Å². The SMILES string of the molecule is CN(C)C(CNC(=O)CCCOc1ccc2c(c1)CCC(=O)N2)c1ccccc1. The van der Waals surface area contributed by atoms with Crippen LogP contribution in [0, 0.1) is 0 Å². The van der Waals surface area contributed by atoms with Crippen LogP contribution in [-0.4, -0.2) is 44.0 Å². The quantitative estimate of drug-likeness (QED) is 0.640. The number of carbonyl (C=O) groups is 2. The lowest BCUT2D eigenvalue weighted by Crippen LogP contribution is -2.34. The van der Waals surface area contributed by atoms with E-state index >= 15 is 0 Å². The third-order valence-electron chi connectivity index (χ3n) is 5.09. The van der Waals surface area contributed by atoms with Crippen LogP contribution in [0.25, 0.3) is 0 Å². The lowest BCUT2D eigenvalue weighted by atomic mass is 10.0. The molecule has 1 aliphatic heterocycles. The minimum Gasteiger partial charge on any atom is -0.494 e. The molecule has 6 heteroatoms. The molecule has 1 atom stereocenters. The van der Waals surface area contributed by atoms with Crippen molar-refractivity contribution in [3.05, 3.63) is 59.7 Å². The fraction of sp³-hybridized carbons (Fsp3) is 0.391. The second-order valence-electron chi connectivity index (χ2n) is 7.51. The molecule has 1 unspecified atom stereocenters. The number of benzene rings is 2. The van der Waals surface area contributed by atoms with Crippen LogP contribution in [0.2, 0.25) is 0 Å². The molecule has 0 spiro atoms. The minimum absolute atomic E-state index is 0.0320. The van der Waals surface area contributed by atoms with Gasteiger partial charge in [0.15, 0.2) is 0 Å². The van der Waals surface area contributed by atoms with E-state index in [0.29, 0.717) is 32.4 Å². The van der Waals surface area contributed by atoms with Crippen LogP contribution < -0.4 is 15.4 Å². The molecule has 1 aliphatic rings. The Labute approximate surface area is 172 Å². The van der Waals surface area contributed by atoms with Crippen molar-refractivity contribution in [2.24, 2.45) is 0 Å². The van der Waals surface area contributed by atoms with Gasteiger partial charge in [-0.3, -0.25) is 9.59 Å². The Hall–Kier alpha value is -2.86. The third kappa shape index (κ3) is 6.06. The fourth-order valence-corrected chi connectivity index (χ4v) is 3.44. The van der Waals surface area contributed by atoms with Crippen LogP contribution >= 0.6 is 0 Å². The summed E-state index contributed by atoms with van der Waals surface area (Å²) < 4.78 is 5.78. The van der Waals surface area contributed by atoms with Crippen molar-refractivity contribution in [3.8, 4) is 5.75 Å². The van der Waals surface area contributed by atoms with E-state index in [1.165, 1.54) is 5.56 Å². The number of hydrogen-bond acceptors (Lipinski definition) is 4. The first kappa shape index (κ1) is 20.9. The molecule has 2 amide bonds. The Balaban J connectivity index is 1.39. The van der Waals surface area contributed by atoms with Gasteiger partial charge in [0, 0.05) is 25.1 Å². The van der Waals surface area contributed by atoms with Gasteiger partial charge in [0.05, 0.1) is 12.6 Å². The van der Waals surface area contributed by atoms with E-state index < -0.39 is 0 Å². The summed E-state index contributed by atoms with van der Waals surface area (Å²) in [7, 11) is 4.03. The molecule has 0 saturated heterocycles. The van der Waals surface area contributed by atoms with Crippen molar-refractivity contribution in [2.45, 2.75) is 31.7 Å². The number of likely N-dealkylation sites (N-methyl/N-ethyl adjacent to an activating group) is 1. The molecule has 2 aromatic carbocycles. The summed E-state index contributed by atoms with van der Waals surface area (Å²) in [5, 5.41) is 5.89. The molecule has 6 nitrogen and oxygen atoms in total. The Morgan fingerprint density at radius 1 is 1.17 bits per heavy atom. The fourth-order valence-electron chi connectivity index (χ4n) is 3.44. The number of rotatable bonds is 9. The highest BCUT2D eigenvalue weighted by molar-refractivity contribution is 5.94. The van der Waals surface area contributed by atoms with Crippen molar-refractivity contribution >= 4 is 17.5 Å². The molecule has 2 N–H and O–H groups in total. The van der Waals surface area contributed by atoms with E-state index in [9.17, 15) is 9.59 Å². The summed E-state index contributed by atoms with van der Waals surface area (Å²) in [6.45, 7) is 1.06. The van der Waals surface area contributed by atoms with Gasteiger partial charge in [0.1, 0.15) is 5.75 Å². The lowest BCUT2D eigenvalue weighted by Gasteiger charge is -2.25. The van der Waals surface area contributed by atoms with Crippen LogP contribution in [0.5, 0.6) is 5.75 Å². The zero-order chi connectivity index (χ0) is 20.6. The van der Waals surface area contributed by atoms with E-state index in [1.807, 2.05) is 50.5 Å². The topological polar surface area (TPSA) is 70.7 Å². The molecular weight excluding hydrogens is 366 g/mol. The first-order valence-corrected chi connectivity index (χ1v) is 10.1. The monoisotopic (exact) mass is 395 g/mol.